The number of phenols is 1. The van der Waals surface area contributed by atoms with E-state index in [1.165, 1.54) is 12.1 Å². The van der Waals surface area contributed by atoms with Gasteiger partial charge in [-0.05, 0) is 12.5 Å². The molecule has 0 aliphatic heterocycles. The van der Waals surface area contributed by atoms with E-state index in [0.717, 1.165) is 6.07 Å². The number of nitrogens with zero attached hydrogens (tertiary/aromatic N) is 1. The molecule has 0 saturated heterocycles. The highest BCUT2D eigenvalue weighted by molar-refractivity contribution is 7.72. The Kier molecular flexibility index (Phi) is 3.62. The normalized spacial score (nSPS) is 10.5. The number of aromatic hydroxyl groups is 1. The van der Waals surface area contributed by atoms with Crippen LogP contribution in [0.2, 0.25) is 0 Å². The molecule has 0 saturated carbocycles. The predicted octanol–water partition coefficient (Wildman–Crippen LogP) is 0.454. The molecule has 0 atom stereocenters. The molecular weight excluding hydrogens is 222 g/mol. The van der Waals surface area contributed by atoms with Crippen LogP contribution in [-0.4, -0.2) is 24.2 Å². The summed E-state index contributed by atoms with van der Waals surface area (Å²) in [6, 6.07) is 3.52. The summed E-state index contributed by atoms with van der Waals surface area (Å²) in [6.45, 7) is 0. The van der Waals surface area contributed by atoms with Crippen LogP contribution in [0.1, 0.15) is 5.56 Å². The minimum Gasteiger partial charge on any atom is -0.508 e. The summed E-state index contributed by atoms with van der Waals surface area (Å²) in [7, 11) is -2.54. The number of thiol groups is 1. The SMILES string of the molecule is O=[N+]([O-])c1ccc(O)c(CC[SH](=O)=O)c1. The maximum atomic E-state index is 10.4. The first-order chi connectivity index (χ1) is 7.00. The van der Waals surface area contributed by atoms with Gasteiger partial charge in [-0.2, -0.15) is 0 Å². The highest BCUT2D eigenvalue weighted by Gasteiger charge is 2.10. The van der Waals surface area contributed by atoms with Crippen molar-refractivity contribution < 1.29 is 18.4 Å². The highest BCUT2D eigenvalue weighted by Crippen LogP contribution is 2.23. The van der Waals surface area contributed by atoms with Crippen LogP contribution in [0.3, 0.4) is 0 Å². The smallest absolute Gasteiger partial charge is 0.269 e. The number of rotatable bonds is 4. The van der Waals surface area contributed by atoms with E-state index in [2.05, 4.69) is 0 Å². The van der Waals surface area contributed by atoms with Crippen LogP contribution in [0.5, 0.6) is 5.75 Å². The molecule has 1 aromatic carbocycles. The van der Waals surface area contributed by atoms with Crippen LogP contribution in [-0.2, 0) is 17.1 Å². The first-order valence-electron chi connectivity index (χ1n) is 4.09. The third-order valence-electron chi connectivity index (χ3n) is 1.84. The molecule has 0 radical (unpaired) electrons. The van der Waals surface area contributed by atoms with Crippen molar-refractivity contribution in [2.24, 2.45) is 0 Å². The Hall–Kier alpha value is -1.63. The van der Waals surface area contributed by atoms with Crippen molar-refractivity contribution in [2.45, 2.75) is 6.42 Å². The van der Waals surface area contributed by atoms with Crippen LogP contribution in [0.25, 0.3) is 0 Å². The maximum Gasteiger partial charge on any atom is 0.269 e. The summed E-state index contributed by atoms with van der Waals surface area (Å²) in [5.41, 5.74) is 0.104. The van der Waals surface area contributed by atoms with Crippen molar-refractivity contribution in [3.63, 3.8) is 0 Å². The van der Waals surface area contributed by atoms with Crippen molar-refractivity contribution >= 4 is 16.4 Å². The number of hydrogen-bond acceptors (Lipinski definition) is 5. The van der Waals surface area contributed by atoms with E-state index >= 15 is 0 Å². The van der Waals surface area contributed by atoms with Crippen LogP contribution in [0.4, 0.5) is 5.69 Å². The van der Waals surface area contributed by atoms with E-state index in [4.69, 9.17) is 0 Å². The fourth-order valence-corrected chi connectivity index (χ4v) is 1.52. The van der Waals surface area contributed by atoms with Gasteiger partial charge in [-0.3, -0.25) is 10.1 Å². The number of nitro groups is 1. The average molecular weight is 231 g/mol. The molecule has 0 spiro atoms. The van der Waals surface area contributed by atoms with Crippen molar-refractivity contribution in [1.29, 1.82) is 0 Å². The average Bonchev–Trinajstić information content (AvgIpc) is 2.16. The maximum absolute atomic E-state index is 10.4. The second-order valence-corrected chi connectivity index (χ2v) is 3.99. The molecule has 0 fully saturated rings. The first-order valence-corrected chi connectivity index (χ1v) is 5.45. The number of benzene rings is 1. The number of phenolic OH excluding ortho intramolecular Hbond substituents is 1. The van der Waals surface area contributed by atoms with Gasteiger partial charge in [0.15, 0.2) is 0 Å². The van der Waals surface area contributed by atoms with Crippen LogP contribution < -0.4 is 0 Å². The van der Waals surface area contributed by atoms with Crippen LogP contribution in [0.15, 0.2) is 18.2 Å². The number of non-ortho nitro benzene ring substituents is 1. The Labute approximate surface area is 87.3 Å². The molecule has 0 amide bonds. The summed E-state index contributed by atoms with van der Waals surface area (Å²) in [5, 5.41) is 19.7. The van der Waals surface area contributed by atoms with Gasteiger partial charge < -0.3 is 5.11 Å². The second-order valence-electron chi connectivity index (χ2n) is 2.88. The van der Waals surface area contributed by atoms with Gasteiger partial charge >= 0.3 is 0 Å². The summed E-state index contributed by atoms with van der Waals surface area (Å²) in [4.78, 5) is 9.81. The lowest BCUT2D eigenvalue weighted by molar-refractivity contribution is -0.384. The van der Waals surface area contributed by atoms with E-state index in [1.54, 1.807) is 0 Å². The van der Waals surface area contributed by atoms with Crippen LogP contribution >= 0.6 is 0 Å². The van der Waals surface area contributed by atoms with E-state index < -0.39 is 15.6 Å². The number of hydrogen-bond donors (Lipinski definition) is 2. The monoisotopic (exact) mass is 231 g/mol. The summed E-state index contributed by atoms with van der Waals surface area (Å²) < 4.78 is 20.6. The van der Waals surface area contributed by atoms with Gasteiger partial charge in [-0.15, -0.1) is 0 Å². The van der Waals surface area contributed by atoms with Gasteiger partial charge in [0.25, 0.3) is 5.69 Å². The van der Waals surface area contributed by atoms with Gasteiger partial charge in [0.05, 0.1) is 10.7 Å². The van der Waals surface area contributed by atoms with Crippen molar-refractivity contribution in [1.82, 2.24) is 0 Å². The van der Waals surface area contributed by atoms with E-state index in [9.17, 15) is 23.6 Å². The molecule has 1 N–H and O–H groups in total. The Morgan fingerprint density at radius 1 is 1.40 bits per heavy atom. The highest BCUT2D eigenvalue weighted by atomic mass is 32.2. The lowest BCUT2D eigenvalue weighted by Crippen LogP contribution is -1.96. The minimum absolute atomic E-state index is 0.0756. The van der Waals surface area contributed by atoms with E-state index in [0.29, 0.717) is 0 Å². The molecule has 1 aromatic rings. The first kappa shape index (κ1) is 11.4. The fraction of sp³-hybridized carbons (Fsp3) is 0.250. The molecule has 0 aromatic heterocycles. The standard InChI is InChI=1S/C8H9NO5S/c10-8-2-1-7(9(11)12)5-6(8)3-4-15(13)14/h1-2,5,10,15H,3-4H2. The van der Waals surface area contributed by atoms with Gasteiger partial charge in [0.2, 0.25) is 0 Å². The summed E-state index contributed by atoms with van der Waals surface area (Å²) in [5.74, 6) is -0.262. The zero-order chi connectivity index (χ0) is 11.4. The lowest BCUT2D eigenvalue weighted by atomic mass is 10.1. The Balaban J connectivity index is 2.95. The molecule has 0 heterocycles. The lowest BCUT2D eigenvalue weighted by Gasteiger charge is -2.01. The summed E-state index contributed by atoms with van der Waals surface area (Å²) >= 11 is 0. The summed E-state index contributed by atoms with van der Waals surface area (Å²) in [6.07, 6.45) is 0.0756. The van der Waals surface area contributed by atoms with Gasteiger partial charge in [0, 0.05) is 17.7 Å². The molecule has 1 rings (SSSR count). The molecule has 7 heteroatoms. The van der Waals surface area contributed by atoms with Gasteiger partial charge in [0.1, 0.15) is 16.5 Å². The molecule has 6 nitrogen and oxygen atoms in total. The molecular formula is C8H9NO5S. The van der Waals surface area contributed by atoms with Crippen molar-refractivity contribution in [3.8, 4) is 5.75 Å². The van der Waals surface area contributed by atoms with Crippen molar-refractivity contribution in [3.05, 3.63) is 33.9 Å². The Morgan fingerprint density at radius 3 is 2.60 bits per heavy atom. The molecule has 0 unspecified atom stereocenters. The molecule has 0 aliphatic carbocycles. The van der Waals surface area contributed by atoms with Gasteiger partial charge in [-0.1, -0.05) is 0 Å². The van der Waals surface area contributed by atoms with Crippen molar-refractivity contribution in [2.75, 3.05) is 5.75 Å². The molecule has 0 bridgehead atoms. The van der Waals surface area contributed by atoms with E-state index in [-0.39, 0.29) is 29.2 Å². The zero-order valence-corrected chi connectivity index (χ0v) is 8.52. The Bertz CT molecular complexity index is 446. The fourth-order valence-electron chi connectivity index (χ4n) is 1.10. The largest absolute Gasteiger partial charge is 0.508 e. The minimum atomic E-state index is -2.54. The third-order valence-corrected chi connectivity index (χ3v) is 2.43. The van der Waals surface area contributed by atoms with Crippen LogP contribution in [0, 0.1) is 10.1 Å². The number of nitro benzene ring substituents is 1. The molecule has 82 valence electrons. The predicted molar refractivity (Wildman–Crippen MR) is 53.6 cm³/mol. The number of aryl methyl sites for hydroxylation is 1. The Morgan fingerprint density at radius 2 is 2.07 bits per heavy atom. The molecule has 0 aliphatic rings. The third kappa shape index (κ3) is 3.21. The topological polar surface area (TPSA) is 97.5 Å². The van der Waals surface area contributed by atoms with Gasteiger partial charge in [-0.25, -0.2) is 8.42 Å². The second kappa shape index (κ2) is 4.74. The quantitative estimate of drug-likeness (QED) is 0.445. The zero-order valence-electron chi connectivity index (χ0n) is 7.62. The van der Waals surface area contributed by atoms with E-state index in [1.807, 2.05) is 0 Å². The molecule has 15 heavy (non-hydrogen) atoms.